The molecule has 18 heavy (non-hydrogen) atoms. The van der Waals surface area contributed by atoms with E-state index < -0.39 is 0 Å². The van der Waals surface area contributed by atoms with Gasteiger partial charge in [-0.25, -0.2) is 0 Å². The molecule has 1 aromatic heterocycles. The first kappa shape index (κ1) is 12.9. The van der Waals surface area contributed by atoms with E-state index in [-0.39, 0.29) is 0 Å². The van der Waals surface area contributed by atoms with Crippen LogP contribution in [0.25, 0.3) is 0 Å². The van der Waals surface area contributed by atoms with Crippen LogP contribution >= 0.6 is 11.3 Å². The van der Waals surface area contributed by atoms with Crippen LogP contribution < -0.4 is 15.4 Å². The number of ether oxygens (including phenoxy) is 1. The van der Waals surface area contributed by atoms with Crippen molar-refractivity contribution in [2.75, 3.05) is 19.1 Å². The Bertz CT molecular complexity index is 510. The summed E-state index contributed by atoms with van der Waals surface area (Å²) >= 11 is 1.77. The monoisotopic (exact) mass is 262 g/mol. The van der Waals surface area contributed by atoms with Crippen LogP contribution in [0.1, 0.15) is 9.75 Å². The Labute approximate surface area is 112 Å². The van der Waals surface area contributed by atoms with E-state index in [1.165, 1.54) is 9.75 Å². The van der Waals surface area contributed by atoms with Crippen molar-refractivity contribution >= 4 is 17.0 Å². The van der Waals surface area contributed by atoms with Gasteiger partial charge < -0.3 is 15.4 Å². The zero-order chi connectivity index (χ0) is 13.0. The smallest absolute Gasteiger partial charge is 0.120 e. The van der Waals surface area contributed by atoms with Crippen LogP contribution in [0.2, 0.25) is 0 Å². The van der Waals surface area contributed by atoms with Crippen LogP contribution in [0.4, 0.5) is 5.69 Å². The first-order valence-corrected chi connectivity index (χ1v) is 6.67. The number of thiophene rings is 1. The minimum absolute atomic E-state index is 0.619. The van der Waals surface area contributed by atoms with Crippen molar-refractivity contribution in [2.45, 2.75) is 13.1 Å². The Hall–Kier alpha value is -1.52. The molecule has 0 radical (unpaired) electrons. The van der Waals surface area contributed by atoms with E-state index >= 15 is 0 Å². The molecule has 0 bridgehead atoms. The number of rotatable bonds is 5. The average Bonchev–Trinajstić information content (AvgIpc) is 2.86. The second kappa shape index (κ2) is 5.89. The molecular weight excluding hydrogens is 244 g/mol. The van der Waals surface area contributed by atoms with Gasteiger partial charge >= 0.3 is 0 Å². The number of anilines is 1. The van der Waals surface area contributed by atoms with Gasteiger partial charge in [0.25, 0.3) is 0 Å². The fourth-order valence-electron chi connectivity index (χ4n) is 1.79. The molecule has 96 valence electrons. The van der Waals surface area contributed by atoms with Gasteiger partial charge in [-0.05, 0) is 24.3 Å². The second-order valence-corrected chi connectivity index (χ2v) is 5.38. The third kappa shape index (κ3) is 3.03. The van der Waals surface area contributed by atoms with E-state index in [0.29, 0.717) is 6.54 Å². The maximum Gasteiger partial charge on any atom is 0.120 e. The molecule has 0 aliphatic rings. The van der Waals surface area contributed by atoms with Crippen molar-refractivity contribution in [3.05, 3.63) is 46.2 Å². The van der Waals surface area contributed by atoms with Crippen LogP contribution in [0, 0.1) is 0 Å². The topological polar surface area (TPSA) is 38.5 Å². The highest BCUT2D eigenvalue weighted by atomic mass is 32.1. The van der Waals surface area contributed by atoms with Crippen LogP contribution in [-0.2, 0) is 13.1 Å². The van der Waals surface area contributed by atoms with E-state index in [1.54, 1.807) is 18.4 Å². The summed E-state index contributed by atoms with van der Waals surface area (Å²) in [6.07, 6.45) is 0. The molecule has 0 amide bonds. The summed E-state index contributed by atoms with van der Waals surface area (Å²) < 4.78 is 5.24. The molecule has 1 aromatic carbocycles. The molecule has 2 rings (SSSR count). The van der Waals surface area contributed by atoms with Crippen LogP contribution in [0.5, 0.6) is 5.75 Å². The third-order valence-electron chi connectivity index (χ3n) is 2.81. The molecule has 0 saturated carbocycles. The number of benzene rings is 1. The van der Waals surface area contributed by atoms with Crippen molar-refractivity contribution in [1.29, 1.82) is 0 Å². The lowest BCUT2D eigenvalue weighted by Gasteiger charge is -2.19. The Morgan fingerprint density at radius 1 is 1.22 bits per heavy atom. The number of hydrogen-bond acceptors (Lipinski definition) is 4. The molecule has 0 unspecified atom stereocenters. The van der Waals surface area contributed by atoms with Crippen molar-refractivity contribution in [2.24, 2.45) is 5.73 Å². The molecule has 2 N–H and O–H groups in total. The number of nitrogens with two attached hydrogens (primary N) is 1. The minimum atomic E-state index is 0.619. The zero-order valence-electron chi connectivity index (χ0n) is 10.7. The van der Waals surface area contributed by atoms with Crippen molar-refractivity contribution in [3.63, 3.8) is 0 Å². The third-order valence-corrected chi connectivity index (χ3v) is 3.90. The van der Waals surface area contributed by atoms with Crippen LogP contribution in [0.3, 0.4) is 0 Å². The van der Waals surface area contributed by atoms with Crippen molar-refractivity contribution in [1.82, 2.24) is 0 Å². The predicted molar refractivity (Wildman–Crippen MR) is 77.3 cm³/mol. The zero-order valence-corrected chi connectivity index (χ0v) is 11.5. The van der Waals surface area contributed by atoms with Crippen LogP contribution in [0.15, 0.2) is 36.4 Å². The Morgan fingerprint density at radius 3 is 2.67 bits per heavy atom. The summed E-state index contributed by atoms with van der Waals surface area (Å²) in [6.45, 7) is 1.51. The summed E-state index contributed by atoms with van der Waals surface area (Å²) in [5.74, 6) is 0.883. The normalized spacial score (nSPS) is 10.4. The summed E-state index contributed by atoms with van der Waals surface area (Å²) in [7, 11) is 3.77. The molecule has 2 aromatic rings. The molecule has 0 aliphatic heterocycles. The lowest BCUT2D eigenvalue weighted by Crippen LogP contribution is -2.15. The van der Waals surface area contributed by atoms with Gasteiger partial charge in [-0.2, -0.15) is 0 Å². The predicted octanol–water partition coefficient (Wildman–Crippen LogP) is 2.85. The number of hydrogen-bond donors (Lipinski definition) is 1. The van der Waals surface area contributed by atoms with Gasteiger partial charge in [-0.1, -0.05) is 6.07 Å². The van der Waals surface area contributed by atoms with Gasteiger partial charge in [0.15, 0.2) is 0 Å². The lowest BCUT2D eigenvalue weighted by molar-refractivity contribution is 0.415. The van der Waals surface area contributed by atoms with E-state index in [0.717, 1.165) is 18.0 Å². The van der Waals surface area contributed by atoms with Crippen LogP contribution in [-0.4, -0.2) is 14.2 Å². The quantitative estimate of drug-likeness (QED) is 0.900. The summed E-state index contributed by atoms with van der Waals surface area (Å²) in [5, 5.41) is 0. The fourth-order valence-corrected chi connectivity index (χ4v) is 2.74. The van der Waals surface area contributed by atoms with Gasteiger partial charge in [0.1, 0.15) is 5.75 Å². The highest BCUT2D eigenvalue weighted by Crippen LogP contribution is 2.23. The first-order chi connectivity index (χ1) is 8.72. The number of nitrogens with zero attached hydrogens (tertiary/aromatic N) is 1. The fraction of sp³-hybridized carbons (Fsp3) is 0.286. The van der Waals surface area contributed by atoms with Crippen molar-refractivity contribution < 1.29 is 4.74 Å². The summed E-state index contributed by atoms with van der Waals surface area (Å²) in [4.78, 5) is 4.75. The average molecular weight is 262 g/mol. The van der Waals surface area contributed by atoms with Crippen molar-refractivity contribution in [3.8, 4) is 5.75 Å². The van der Waals surface area contributed by atoms with Gasteiger partial charge in [0, 0.05) is 35.1 Å². The molecule has 4 heteroatoms. The highest BCUT2D eigenvalue weighted by molar-refractivity contribution is 7.12. The van der Waals surface area contributed by atoms with E-state index in [9.17, 15) is 0 Å². The molecular formula is C14H18N2OS. The first-order valence-electron chi connectivity index (χ1n) is 5.86. The largest absolute Gasteiger partial charge is 0.497 e. The summed E-state index contributed by atoms with van der Waals surface area (Å²) in [5.41, 5.74) is 6.77. The standard InChI is InChI=1S/C14H18N2OS/c1-16(10-14-7-6-13(9-15)18-14)11-4-3-5-12(8-11)17-2/h3-8H,9-10,15H2,1-2H3. The second-order valence-electron chi connectivity index (χ2n) is 4.13. The van der Waals surface area contributed by atoms with E-state index in [1.807, 2.05) is 18.2 Å². The van der Waals surface area contributed by atoms with Gasteiger partial charge in [0.05, 0.1) is 13.7 Å². The van der Waals surface area contributed by atoms with Gasteiger partial charge in [0.2, 0.25) is 0 Å². The van der Waals surface area contributed by atoms with E-state index in [2.05, 4.69) is 30.1 Å². The lowest BCUT2D eigenvalue weighted by atomic mass is 10.2. The Kier molecular flexibility index (Phi) is 4.23. The molecule has 3 nitrogen and oxygen atoms in total. The molecule has 0 saturated heterocycles. The molecule has 1 heterocycles. The SMILES string of the molecule is COc1cccc(N(C)Cc2ccc(CN)s2)c1. The van der Waals surface area contributed by atoms with Gasteiger partial charge in [-0.3, -0.25) is 0 Å². The molecule has 0 fully saturated rings. The maximum absolute atomic E-state index is 5.62. The number of methoxy groups -OCH3 is 1. The molecule has 0 aliphatic carbocycles. The Balaban J connectivity index is 2.08. The highest BCUT2D eigenvalue weighted by Gasteiger charge is 2.05. The molecule has 0 spiro atoms. The van der Waals surface area contributed by atoms with E-state index in [4.69, 9.17) is 10.5 Å². The maximum atomic E-state index is 5.62. The molecule has 0 atom stereocenters. The Morgan fingerprint density at radius 2 is 2.00 bits per heavy atom. The minimum Gasteiger partial charge on any atom is -0.497 e. The van der Waals surface area contributed by atoms with Gasteiger partial charge in [-0.15, -0.1) is 11.3 Å². The summed E-state index contributed by atoms with van der Waals surface area (Å²) in [6, 6.07) is 12.3.